The monoisotopic (exact) mass is 239 g/mol. The normalized spacial score (nSPS) is 9.65. The molecule has 1 N–H and O–H groups in total. The van der Waals surface area contributed by atoms with Gasteiger partial charge in [-0.3, -0.25) is 9.69 Å². The fraction of sp³-hybridized carbons (Fsp3) is 0.273. The molecule has 1 amide bonds. The van der Waals surface area contributed by atoms with Gasteiger partial charge in [-0.15, -0.1) is 0 Å². The van der Waals surface area contributed by atoms with E-state index in [0.29, 0.717) is 5.76 Å². The van der Waals surface area contributed by atoms with Crippen molar-refractivity contribution in [3.63, 3.8) is 0 Å². The van der Waals surface area contributed by atoms with Crippen LogP contribution >= 0.6 is 0 Å². The van der Waals surface area contributed by atoms with E-state index in [1.165, 1.54) is 12.3 Å². The molecule has 0 bridgehead atoms. The Labute approximate surface area is 98.1 Å². The third-order valence-corrected chi connectivity index (χ3v) is 1.84. The number of carboxylic acids is 1. The summed E-state index contributed by atoms with van der Waals surface area (Å²) in [6.07, 6.45) is 2.14. The van der Waals surface area contributed by atoms with Crippen LogP contribution in [0.5, 0.6) is 0 Å². The highest BCUT2D eigenvalue weighted by Gasteiger charge is 2.19. The third kappa shape index (κ3) is 4.42. The highest BCUT2D eigenvalue weighted by Crippen LogP contribution is 2.06. The zero-order valence-corrected chi connectivity index (χ0v) is 9.17. The lowest BCUT2D eigenvalue weighted by Crippen LogP contribution is -2.35. The summed E-state index contributed by atoms with van der Waals surface area (Å²) in [5.74, 6) is -0.631. The van der Waals surface area contributed by atoms with E-state index >= 15 is 0 Å². The van der Waals surface area contributed by atoms with E-state index in [1.54, 1.807) is 12.1 Å². The molecule has 0 radical (unpaired) electrons. The predicted molar refractivity (Wildman–Crippen MR) is 58.3 cm³/mol. The van der Waals surface area contributed by atoms with Crippen molar-refractivity contribution in [2.24, 2.45) is 0 Å². The Bertz CT molecular complexity index is 385. The first kappa shape index (κ1) is 12.8. The zero-order valence-electron chi connectivity index (χ0n) is 9.17. The number of nitrogens with zero attached hydrogens (tertiary/aromatic N) is 1. The van der Waals surface area contributed by atoms with Crippen molar-refractivity contribution < 1.29 is 23.8 Å². The van der Waals surface area contributed by atoms with Crippen LogP contribution in [-0.2, 0) is 16.1 Å². The number of carbonyl (C=O) groups is 2. The summed E-state index contributed by atoms with van der Waals surface area (Å²) in [5, 5.41) is 8.69. The molecule has 0 spiro atoms. The van der Waals surface area contributed by atoms with Gasteiger partial charge in [0.25, 0.3) is 0 Å². The van der Waals surface area contributed by atoms with Crippen LogP contribution in [-0.4, -0.2) is 35.2 Å². The standard InChI is InChI=1S/C11H13NO5/c1-2-5-17-11(15)12(8-10(13)14)7-9-4-3-6-16-9/h2-4,6H,1,5,7-8H2,(H,13,14). The van der Waals surface area contributed by atoms with Gasteiger partial charge in [0.15, 0.2) is 0 Å². The molecule has 0 aromatic carbocycles. The van der Waals surface area contributed by atoms with E-state index < -0.39 is 18.6 Å². The molecule has 92 valence electrons. The molecule has 1 heterocycles. The van der Waals surface area contributed by atoms with Crippen LogP contribution in [0.3, 0.4) is 0 Å². The van der Waals surface area contributed by atoms with Crippen LogP contribution in [0.25, 0.3) is 0 Å². The quantitative estimate of drug-likeness (QED) is 0.760. The molecular formula is C11H13NO5. The van der Waals surface area contributed by atoms with Crippen LogP contribution in [0.15, 0.2) is 35.5 Å². The summed E-state index contributed by atoms with van der Waals surface area (Å²) in [7, 11) is 0. The SMILES string of the molecule is C=CCOC(=O)N(CC(=O)O)Cc1ccco1. The van der Waals surface area contributed by atoms with Crippen LogP contribution in [0, 0.1) is 0 Å². The topological polar surface area (TPSA) is 80.0 Å². The number of aliphatic carboxylic acids is 1. The molecule has 0 aliphatic heterocycles. The number of hydrogen-bond donors (Lipinski definition) is 1. The first-order valence-corrected chi connectivity index (χ1v) is 4.90. The van der Waals surface area contributed by atoms with Gasteiger partial charge < -0.3 is 14.3 Å². The minimum Gasteiger partial charge on any atom is -0.480 e. The van der Waals surface area contributed by atoms with E-state index in [1.807, 2.05) is 0 Å². The first-order valence-electron chi connectivity index (χ1n) is 4.90. The molecule has 6 nitrogen and oxygen atoms in total. The zero-order chi connectivity index (χ0) is 12.7. The van der Waals surface area contributed by atoms with Crippen molar-refractivity contribution in [3.05, 3.63) is 36.8 Å². The number of amides is 1. The molecular weight excluding hydrogens is 226 g/mol. The van der Waals surface area contributed by atoms with Gasteiger partial charge in [-0.25, -0.2) is 4.79 Å². The Morgan fingerprint density at radius 2 is 2.35 bits per heavy atom. The van der Waals surface area contributed by atoms with Gasteiger partial charge in [0.05, 0.1) is 12.8 Å². The van der Waals surface area contributed by atoms with Gasteiger partial charge in [0.1, 0.15) is 18.9 Å². The molecule has 6 heteroatoms. The van der Waals surface area contributed by atoms with E-state index in [-0.39, 0.29) is 13.2 Å². The van der Waals surface area contributed by atoms with E-state index in [0.717, 1.165) is 4.90 Å². The second-order valence-corrected chi connectivity index (χ2v) is 3.19. The second-order valence-electron chi connectivity index (χ2n) is 3.19. The first-order chi connectivity index (χ1) is 8.13. The van der Waals surface area contributed by atoms with Gasteiger partial charge in [0, 0.05) is 0 Å². The predicted octanol–water partition coefficient (Wildman–Crippen LogP) is 1.49. The Morgan fingerprint density at radius 3 is 2.88 bits per heavy atom. The van der Waals surface area contributed by atoms with Gasteiger partial charge >= 0.3 is 12.1 Å². The maximum atomic E-state index is 11.5. The maximum Gasteiger partial charge on any atom is 0.411 e. The average Bonchev–Trinajstić information content (AvgIpc) is 2.77. The fourth-order valence-corrected chi connectivity index (χ4v) is 1.16. The van der Waals surface area contributed by atoms with Crippen molar-refractivity contribution >= 4 is 12.1 Å². The van der Waals surface area contributed by atoms with E-state index in [2.05, 4.69) is 6.58 Å². The Balaban J connectivity index is 2.62. The molecule has 17 heavy (non-hydrogen) atoms. The molecule has 0 unspecified atom stereocenters. The lowest BCUT2D eigenvalue weighted by atomic mass is 10.4. The number of carboxylic acid groups (broad SMARTS) is 1. The summed E-state index contributed by atoms with van der Waals surface area (Å²) in [5.41, 5.74) is 0. The van der Waals surface area contributed by atoms with Crippen LogP contribution in [0.1, 0.15) is 5.76 Å². The molecule has 1 rings (SSSR count). The van der Waals surface area contributed by atoms with Crippen LogP contribution < -0.4 is 0 Å². The minimum atomic E-state index is -1.12. The number of furan rings is 1. The summed E-state index contributed by atoms with van der Waals surface area (Å²) < 4.78 is 9.80. The van der Waals surface area contributed by atoms with Crippen molar-refractivity contribution in [1.82, 2.24) is 4.90 Å². The van der Waals surface area contributed by atoms with E-state index in [9.17, 15) is 9.59 Å². The molecule has 1 aromatic heterocycles. The van der Waals surface area contributed by atoms with Gasteiger partial charge in [0.2, 0.25) is 0 Å². The Hall–Kier alpha value is -2.24. The number of rotatable bonds is 6. The Morgan fingerprint density at radius 1 is 1.59 bits per heavy atom. The summed E-state index contributed by atoms with van der Waals surface area (Å²) >= 11 is 0. The molecule has 0 saturated heterocycles. The minimum absolute atomic E-state index is 0.0348. The highest BCUT2D eigenvalue weighted by atomic mass is 16.6. The van der Waals surface area contributed by atoms with E-state index in [4.69, 9.17) is 14.3 Å². The van der Waals surface area contributed by atoms with Crippen molar-refractivity contribution in [3.8, 4) is 0 Å². The second kappa shape index (κ2) is 6.37. The smallest absolute Gasteiger partial charge is 0.411 e. The fourth-order valence-electron chi connectivity index (χ4n) is 1.16. The van der Waals surface area contributed by atoms with Crippen molar-refractivity contribution in [2.45, 2.75) is 6.54 Å². The summed E-state index contributed by atoms with van der Waals surface area (Å²) in [4.78, 5) is 23.2. The van der Waals surface area contributed by atoms with Crippen molar-refractivity contribution in [1.29, 1.82) is 0 Å². The Kier molecular flexibility index (Phi) is 4.80. The molecule has 1 aromatic rings. The molecule has 0 aliphatic rings. The number of carbonyl (C=O) groups excluding carboxylic acids is 1. The van der Waals surface area contributed by atoms with Crippen molar-refractivity contribution in [2.75, 3.05) is 13.2 Å². The number of hydrogen-bond acceptors (Lipinski definition) is 4. The van der Waals surface area contributed by atoms with Gasteiger partial charge in [-0.1, -0.05) is 12.7 Å². The highest BCUT2D eigenvalue weighted by molar-refractivity contribution is 5.76. The van der Waals surface area contributed by atoms with Gasteiger partial charge in [-0.2, -0.15) is 0 Å². The summed E-state index contributed by atoms with van der Waals surface area (Å²) in [6.45, 7) is 3.04. The molecule has 0 fully saturated rings. The van der Waals surface area contributed by atoms with Crippen LogP contribution in [0.4, 0.5) is 4.79 Å². The lowest BCUT2D eigenvalue weighted by molar-refractivity contribution is -0.138. The lowest BCUT2D eigenvalue weighted by Gasteiger charge is -2.18. The third-order valence-electron chi connectivity index (χ3n) is 1.84. The summed E-state index contributed by atoms with van der Waals surface area (Å²) in [6, 6.07) is 3.30. The largest absolute Gasteiger partial charge is 0.480 e. The molecule has 0 aliphatic carbocycles. The number of ether oxygens (including phenoxy) is 1. The van der Waals surface area contributed by atoms with Gasteiger partial charge in [-0.05, 0) is 12.1 Å². The molecule has 0 atom stereocenters. The van der Waals surface area contributed by atoms with Crippen LogP contribution in [0.2, 0.25) is 0 Å². The maximum absolute atomic E-state index is 11.5. The average molecular weight is 239 g/mol. The molecule has 0 saturated carbocycles.